The van der Waals surface area contributed by atoms with Crippen LogP contribution in [0.15, 0.2) is 0 Å². The molecule has 0 aromatic carbocycles. The normalized spacial score (nSPS) is 50.1. The fraction of sp³-hybridized carbons (Fsp3) is 0.945. The molecule has 0 spiro atoms. The molecule has 33 N–H and O–H groups in total. The molecule has 11 saturated heterocycles. The lowest BCUT2D eigenvalue weighted by atomic mass is 9.93. The maximum atomic E-state index is 13.6. The molecule has 58 nitrogen and oxygen atoms in total. The number of hydrogen-bond donors (Lipinski definition) is 33. The van der Waals surface area contributed by atoms with Crippen LogP contribution in [-0.2, 0) is 119 Å². The summed E-state index contributed by atoms with van der Waals surface area (Å²) in [6.07, 6.45) is -108. The number of ether oxygens (including phenoxy) is 21. The summed E-state index contributed by atoms with van der Waals surface area (Å²) in [5.74, 6) is -3.93. The van der Waals surface area contributed by atoms with E-state index in [2.05, 4.69) is 21.3 Å². The number of aliphatic hydroxyl groups is 29. The van der Waals surface area contributed by atoms with Crippen molar-refractivity contribution in [3.8, 4) is 0 Å². The molecule has 131 heavy (non-hydrogen) atoms. The van der Waals surface area contributed by atoms with Crippen LogP contribution in [0.4, 0.5) is 0 Å². The molecule has 0 aliphatic carbocycles. The number of hydrogen-bond acceptors (Lipinski definition) is 54. The van der Waals surface area contributed by atoms with Crippen LogP contribution < -0.4 is 21.3 Å². The van der Waals surface area contributed by atoms with Gasteiger partial charge in [0, 0.05) is 27.7 Å². The molecular formula is C73H122N4O54. The van der Waals surface area contributed by atoms with E-state index >= 15 is 0 Å². The van der Waals surface area contributed by atoms with Gasteiger partial charge in [-0.25, -0.2) is 0 Å². The van der Waals surface area contributed by atoms with Gasteiger partial charge in [-0.1, -0.05) is 0 Å². The third-order valence-corrected chi connectivity index (χ3v) is 24.2. The van der Waals surface area contributed by atoms with Gasteiger partial charge in [0.25, 0.3) is 0 Å². The maximum Gasteiger partial charge on any atom is 0.217 e. The van der Waals surface area contributed by atoms with Crippen LogP contribution in [-0.4, -0.2) is 569 Å². The first kappa shape index (κ1) is 107. The number of carbonyl (C=O) groups is 4. The Morgan fingerprint density at radius 1 is 0.244 bits per heavy atom. The van der Waals surface area contributed by atoms with Gasteiger partial charge in [0.1, 0.15) is 256 Å². The van der Waals surface area contributed by atoms with Gasteiger partial charge in [-0.15, -0.1) is 0 Å². The lowest BCUT2D eigenvalue weighted by Gasteiger charge is -2.52. The third-order valence-electron chi connectivity index (χ3n) is 24.2. The van der Waals surface area contributed by atoms with Gasteiger partial charge in [0.05, 0.1) is 72.2 Å². The Morgan fingerprint density at radius 2 is 0.534 bits per heavy atom. The molecule has 0 bridgehead atoms. The molecule has 54 atom stereocenters. The Morgan fingerprint density at radius 3 is 0.947 bits per heavy atom. The van der Waals surface area contributed by atoms with Gasteiger partial charge in [-0.05, 0) is 6.92 Å². The number of carbonyl (C=O) groups excluding carboxylic acids is 4. The van der Waals surface area contributed by atoms with Gasteiger partial charge in [0.2, 0.25) is 23.6 Å². The second-order valence-corrected chi connectivity index (χ2v) is 33.3. The minimum atomic E-state index is -2.65. The smallest absolute Gasteiger partial charge is 0.217 e. The zero-order valence-corrected chi connectivity index (χ0v) is 70.4. The number of rotatable bonds is 33. The van der Waals surface area contributed by atoms with Crippen LogP contribution in [0.3, 0.4) is 0 Å². The van der Waals surface area contributed by atoms with E-state index in [9.17, 15) is 167 Å². The Balaban J connectivity index is 0.992. The van der Waals surface area contributed by atoms with Crippen molar-refractivity contribution < 1.29 is 267 Å². The summed E-state index contributed by atoms with van der Waals surface area (Å²) in [6.45, 7) is -6.62. The topological polar surface area (TPSA) is 897 Å². The second-order valence-electron chi connectivity index (χ2n) is 33.3. The summed E-state index contributed by atoms with van der Waals surface area (Å²) in [4.78, 5) is 52.7. The quantitative estimate of drug-likeness (QED) is 0.0290. The summed E-state index contributed by atoms with van der Waals surface area (Å²) in [6, 6.07) is -7.98. The van der Waals surface area contributed by atoms with Crippen molar-refractivity contribution in [1.82, 2.24) is 21.3 Å². The first-order valence-electron chi connectivity index (χ1n) is 41.9. The van der Waals surface area contributed by atoms with Crippen LogP contribution in [0.1, 0.15) is 34.6 Å². The lowest BCUT2D eigenvalue weighted by molar-refractivity contribution is -0.413. The Kier molecular flexibility index (Phi) is 38.3. The molecule has 0 radical (unpaired) electrons. The summed E-state index contributed by atoms with van der Waals surface area (Å²) in [7, 11) is 0. The van der Waals surface area contributed by atoms with E-state index in [1.165, 1.54) is 6.92 Å². The molecule has 11 aliphatic rings. The van der Waals surface area contributed by atoms with Gasteiger partial charge in [-0.2, -0.15) is 0 Å². The van der Waals surface area contributed by atoms with E-state index in [4.69, 9.17) is 99.5 Å². The lowest BCUT2D eigenvalue weighted by Crippen LogP contribution is -2.72. The van der Waals surface area contributed by atoms with Gasteiger partial charge < -0.3 is 269 Å². The zero-order valence-electron chi connectivity index (χ0n) is 70.4. The minimum absolute atomic E-state index is 0.890. The largest absolute Gasteiger partial charge is 0.394 e. The predicted octanol–water partition coefficient (Wildman–Crippen LogP) is -22.7. The van der Waals surface area contributed by atoms with Crippen LogP contribution >= 0.6 is 0 Å². The molecule has 0 saturated carbocycles. The second kappa shape index (κ2) is 46.8. The minimum Gasteiger partial charge on any atom is -0.394 e. The van der Waals surface area contributed by atoms with Crippen molar-refractivity contribution >= 4 is 23.6 Å². The van der Waals surface area contributed by atoms with Crippen LogP contribution in [0.2, 0.25) is 0 Å². The number of aliphatic hydroxyl groups excluding tert-OH is 29. The molecule has 58 heteroatoms. The molecular weight excluding hydrogens is 1800 g/mol. The van der Waals surface area contributed by atoms with Gasteiger partial charge in [0.15, 0.2) is 69.2 Å². The average molecular weight is 1920 g/mol. The number of amides is 4. The van der Waals surface area contributed by atoms with E-state index in [1.807, 2.05) is 0 Å². The monoisotopic (exact) mass is 1920 g/mol. The SMILES string of the molecule is CC(=O)N[C@@H]1[C@@H](O[C@@H]2O[C@@H](C)[C@@H](O)[C@@H](O)[C@@H]2O)[C@H](O[C@@H]2O[C@H](CO)[C@@H](O[C@@H]3O[C@H](CO[C@@H]4O[C@H](CO)[C@@H](O)[C@H](O)[C@@H]4O[C@@H]4O[C@H](CO)[C@@H](O[C@@H]5O[C@H](CO)[C@H](O)[C@H](O)[C@H]5O)[C@H](O)[C@H]4NC(C)=O)[C@@H](O)[C@H](O[C@@H]4O[C@H](CO)[C@@H](O)[C@H](O)[C@@H]4O[C@@H]4O[C@H](CO)[C@@H](O[C@@H]5O[C@H](CO)[C@H](O)[C@H](O)[C@H]5O)[C@H](O)[C@H]4NC(C)=O)[C@@H]3OC3OC[C@@H](O)[C@H](O)[C@H]3O)[C@H](O)[C@H]2NC(C)=O)[C@@H](CO)O[C@H]1O. The summed E-state index contributed by atoms with van der Waals surface area (Å²) in [5.41, 5.74) is 0. The third kappa shape index (κ3) is 23.6. The molecule has 0 aromatic rings. The molecule has 11 aliphatic heterocycles. The fourth-order valence-corrected chi connectivity index (χ4v) is 17.1. The zero-order chi connectivity index (χ0) is 96.2. The van der Waals surface area contributed by atoms with Gasteiger partial charge in [-0.3, -0.25) is 19.2 Å². The van der Waals surface area contributed by atoms with Crippen LogP contribution in [0, 0.1) is 0 Å². The average Bonchev–Trinajstić information content (AvgIpc) is 0.793. The molecule has 0 aromatic heterocycles. The molecule has 11 fully saturated rings. The highest BCUT2D eigenvalue weighted by Gasteiger charge is 2.63. The van der Waals surface area contributed by atoms with Crippen molar-refractivity contribution in [1.29, 1.82) is 0 Å². The van der Waals surface area contributed by atoms with Gasteiger partial charge >= 0.3 is 0 Å². The first-order valence-corrected chi connectivity index (χ1v) is 41.9. The Labute approximate surface area is 741 Å². The maximum absolute atomic E-state index is 13.6. The molecule has 4 amide bonds. The number of nitrogens with one attached hydrogen (secondary N) is 4. The first-order chi connectivity index (χ1) is 62.0. The Bertz CT molecular complexity index is 3570. The molecule has 11 heterocycles. The fourth-order valence-electron chi connectivity index (χ4n) is 17.1. The van der Waals surface area contributed by atoms with Crippen molar-refractivity contribution in [2.24, 2.45) is 0 Å². The highest BCUT2D eigenvalue weighted by atomic mass is 16.8. The van der Waals surface area contributed by atoms with E-state index in [0.717, 1.165) is 27.7 Å². The van der Waals surface area contributed by atoms with E-state index in [0.29, 0.717) is 0 Å². The summed E-state index contributed by atoms with van der Waals surface area (Å²) >= 11 is 0. The van der Waals surface area contributed by atoms with Crippen LogP contribution in [0.25, 0.3) is 0 Å². The summed E-state index contributed by atoms with van der Waals surface area (Å²) in [5, 5.41) is 335. The van der Waals surface area contributed by atoms with Crippen molar-refractivity contribution in [2.45, 2.75) is 366 Å². The van der Waals surface area contributed by atoms with Crippen molar-refractivity contribution in [2.75, 3.05) is 66.1 Å². The van der Waals surface area contributed by atoms with Crippen molar-refractivity contribution in [3.63, 3.8) is 0 Å². The molecule has 11 rings (SSSR count). The van der Waals surface area contributed by atoms with E-state index in [1.54, 1.807) is 0 Å². The summed E-state index contributed by atoms with van der Waals surface area (Å²) < 4.78 is 127. The Hall–Kier alpha value is -4.12. The van der Waals surface area contributed by atoms with E-state index < -0.39 is 421 Å². The van der Waals surface area contributed by atoms with Crippen LogP contribution in [0.5, 0.6) is 0 Å². The predicted molar refractivity (Wildman–Crippen MR) is 401 cm³/mol. The molecule has 758 valence electrons. The highest BCUT2D eigenvalue weighted by molar-refractivity contribution is 5.74. The standard InChI is InChI=1S/C73H122N4O54/c1-16-35(91)45(101)51(107)68(113-16)127-58-34(77-20(5)89)63(110)114-29(13-85)57(58)126-64-31(74-17(2)86)44(100)56(28(12-84)119-64)125-73-62(131-67-50(106)36(92)21(90)14-111-67)59(128-72-61(49(105)40(96)25(9-81)118-72)130-66-33(76-19(4)88)43(99)55(27(11-83)121-66)124-70-53(109)47(103)38(94)23(7-79)116-70)41(97)30(122-73)15-112-71-60(48(104)39(95)24(8-80)117-71)129-65-32(75-18(3)87)42(98)54(26(10-82)120-65)123-69-52(108)46(102)37(93)22(6-78)115-69/h16,21-73,78-85,90-110H,6-15H2,1-5H3,(H,74,86)(H,75,87)(H,76,88)(H,77,89)/t16-,21+,22+,23+,24+,25+,26+,27+,28+,29+,30+,31+,32+,33+,34+,35+,36-,37-,38-,39+,40+,41+,42+,43+,44+,45+,46-,47-,48-,49-,50+,51-,52+,53+,54+,55+,56+,57+,58+,59-,60-,61-,62-,63+,64-,65-,66-,67?,68-,69-,70-,71+,72-,73-/m0/s1. The highest BCUT2D eigenvalue weighted by Crippen LogP contribution is 2.43. The van der Waals surface area contributed by atoms with E-state index in [-0.39, 0.29) is 0 Å². The van der Waals surface area contributed by atoms with Crippen molar-refractivity contribution in [3.05, 3.63) is 0 Å². The molecule has 1 unspecified atom stereocenters.